The Balaban J connectivity index is 1.03. The number of fused-ring (bicyclic) bond motifs is 12. The molecule has 0 aromatic carbocycles. The summed E-state index contributed by atoms with van der Waals surface area (Å²) in [6.07, 6.45) is 10.6. The summed E-state index contributed by atoms with van der Waals surface area (Å²) in [5, 5.41) is 60.7. The Kier molecular flexibility index (Phi) is 10.8. The lowest BCUT2D eigenvalue weighted by Crippen LogP contribution is -2.55. The fourth-order valence-electron chi connectivity index (χ4n) is 9.30. The number of nitrogens with one attached hydrogen (secondary N) is 8. The van der Waals surface area contributed by atoms with Gasteiger partial charge < -0.3 is 42.5 Å². The maximum Gasteiger partial charge on any atom is 0.248 e. The van der Waals surface area contributed by atoms with Gasteiger partial charge in [-0.2, -0.15) is 0 Å². The van der Waals surface area contributed by atoms with Crippen molar-refractivity contribution >= 4 is 23.6 Å². The number of hydrogen-bond acceptors (Lipinski definition) is 16. The number of amides is 4. The lowest BCUT2D eigenvalue weighted by Gasteiger charge is -2.36. The first kappa shape index (κ1) is 39.7. The third-order valence-corrected chi connectivity index (χ3v) is 13.1. The van der Waals surface area contributed by atoms with Gasteiger partial charge in [-0.25, -0.2) is 18.7 Å². The fraction of sp³-hybridized carbons (Fsp3) is 0.667. The van der Waals surface area contributed by atoms with Gasteiger partial charge in [0.1, 0.15) is 44.9 Å². The number of nitrogens with zero attached hydrogens (tertiary/aromatic N) is 12. The molecule has 320 valence electrons. The van der Waals surface area contributed by atoms with Crippen LogP contribution in [0, 0.1) is 0 Å². The van der Waals surface area contributed by atoms with E-state index in [2.05, 4.69) is 83.8 Å². The van der Waals surface area contributed by atoms with Crippen molar-refractivity contribution in [1.29, 1.82) is 0 Å². The molecule has 0 unspecified atom stereocenters. The molecule has 24 heteroatoms. The molecule has 24 nitrogen and oxygen atoms in total. The summed E-state index contributed by atoms with van der Waals surface area (Å²) in [5.41, 5.74) is -2.16. The highest BCUT2D eigenvalue weighted by Gasteiger charge is 2.47. The van der Waals surface area contributed by atoms with E-state index in [-0.39, 0.29) is 49.8 Å². The number of rotatable bonds is 0. The van der Waals surface area contributed by atoms with Gasteiger partial charge in [0.15, 0.2) is 0 Å². The molecule has 60 heavy (non-hydrogen) atoms. The lowest BCUT2D eigenvalue weighted by molar-refractivity contribution is -0.133. The standard InChI is InChI=1S/C36H52N20O4/c57-29-33(1-9-37-10-2-33)53-21-25(45-49-53)18-42-30(58)34(3-11-38-12-4-34)55-23-27(47-51-55)20-44-32(60)36(7-15-40-16-8-36)56-24-28(48-52-56)19-43-31(59)35(5-13-39-14-6-35)54-22-26(17-41-29)46-50-54/h21-24,37-40H,1-20H2,(H,41,57)(H,42,58)(H,43,59)(H,44,60). The van der Waals surface area contributed by atoms with Crippen molar-refractivity contribution < 1.29 is 19.2 Å². The van der Waals surface area contributed by atoms with Gasteiger partial charge in [0.2, 0.25) is 23.6 Å². The van der Waals surface area contributed by atoms with Crippen molar-refractivity contribution in [1.82, 2.24) is 103 Å². The molecule has 4 aromatic rings. The monoisotopic (exact) mass is 828 g/mol. The van der Waals surface area contributed by atoms with E-state index < -0.39 is 22.2 Å². The zero-order valence-electron chi connectivity index (χ0n) is 33.5. The van der Waals surface area contributed by atoms with E-state index in [1.54, 1.807) is 43.5 Å². The van der Waals surface area contributed by atoms with Gasteiger partial charge >= 0.3 is 0 Å². The van der Waals surface area contributed by atoms with Gasteiger partial charge in [0, 0.05) is 0 Å². The molecule has 0 radical (unpaired) electrons. The molecule has 4 spiro atoms. The third kappa shape index (κ3) is 7.19. The summed E-state index contributed by atoms with van der Waals surface area (Å²) in [5.74, 6) is -0.972. The maximum atomic E-state index is 14.2. The van der Waals surface area contributed by atoms with Crippen LogP contribution in [0.1, 0.15) is 74.1 Å². The summed E-state index contributed by atoms with van der Waals surface area (Å²) < 4.78 is 6.43. The number of piperidine rings is 4. The maximum absolute atomic E-state index is 14.2. The van der Waals surface area contributed by atoms with E-state index in [1.165, 1.54) is 0 Å². The first-order chi connectivity index (χ1) is 29.2. The molecule has 9 heterocycles. The summed E-state index contributed by atoms with van der Waals surface area (Å²) in [6.45, 7) is 5.07. The van der Waals surface area contributed by atoms with Crippen molar-refractivity contribution in [3.8, 4) is 0 Å². The van der Waals surface area contributed by atoms with Gasteiger partial charge in [-0.3, -0.25) is 19.2 Å². The molecule has 9 rings (SSSR count). The average Bonchev–Trinajstić information content (AvgIpc) is 4.15. The zero-order valence-corrected chi connectivity index (χ0v) is 33.5. The number of carbonyl (C=O) groups is 4. The molecule has 0 aliphatic carbocycles. The minimum atomic E-state index is -1.03. The zero-order chi connectivity index (χ0) is 41.2. The number of carbonyl (C=O) groups excluding carboxylic acids is 4. The summed E-state index contributed by atoms with van der Waals surface area (Å²) in [6, 6.07) is 0. The number of aromatic nitrogens is 12. The summed E-state index contributed by atoms with van der Waals surface area (Å²) >= 11 is 0. The Morgan fingerprint density at radius 2 is 0.550 bits per heavy atom. The third-order valence-electron chi connectivity index (χ3n) is 13.1. The Morgan fingerprint density at radius 1 is 0.350 bits per heavy atom. The minimum absolute atomic E-state index is 0.0798. The van der Waals surface area contributed by atoms with E-state index in [4.69, 9.17) is 0 Å². The van der Waals surface area contributed by atoms with Gasteiger partial charge in [-0.05, 0) is 104 Å². The molecule has 0 saturated carbocycles. The van der Waals surface area contributed by atoms with Crippen molar-refractivity contribution in [3.63, 3.8) is 0 Å². The van der Waals surface area contributed by atoms with Crippen LogP contribution in [0.4, 0.5) is 0 Å². The van der Waals surface area contributed by atoms with Crippen LogP contribution in [0.2, 0.25) is 0 Å². The first-order valence-electron chi connectivity index (χ1n) is 20.9. The minimum Gasteiger partial charge on any atom is -0.348 e. The van der Waals surface area contributed by atoms with Crippen LogP contribution in [0.25, 0.3) is 0 Å². The lowest BCUT2D eigenvalue weighted by atomic mass is 9.87. The molecule has 5 aliphatic heterocycles. The van der Waals surface area contributed by atoms with Crippen LogP contribution in [-0.2, 0) is 67.5 Å². The van der Waals surface area contributed by atoms with Crippen molar-refractivity contribution in [3.05, 3.63) is 47.6 Å². The van der Waals surface area contributed by atoms with Gasteiger partial charge in [0.05, 0.1) is 51.0 Å². The predicted molar refractivity (Wildman–Crippen MR) is 208 cm³/mol. The van der Waals surface area contributed by atoms with E-state index in [9.17, 15) is 19.2 Å². The molecule has 8 bridgehead atoms. The second-order valence-corrected chi connectivity index (χ2v) is 16.5. The Labute approximate surface area is 344 Å². The largest absolute Gasteiger partial charge is 0.348 e. The summed E-state index contributed by atoms with van der Waals surface area (Å²) in [7, 11) is 0. The topological polar surface area (TPSA) is 287 Å². The predicted octanol–water partition coefficient (Wildman–Crippen LogP) is -4.05. The van der Waals surface area contributed by atoms with E-state index in [0.717, 1.165) is 0 Å². The highest BCUT2D eigenvalue weighted by Crippen LogP contribution is 2.32. The van der Waals surface area contributed by atoms with Crippen LogP contribution in [0.5, 0.6) is 0 Å². The SMILES string of the molecule is O=C1NCc2cn(nn2)C2(CCNCC2)C(=O)NCc2cn(nn2)C2(CCNCC2)C(=O)NCc2cn(nn2)C2(CCNCC2)C(=O)NCc2cn(nn2)C12CCNCC2. The quantitative estimate of drug-likeness (QED) is 0.0837. The molecular weight excluding hydrogens is 777 g/mol. The Bertz CT molecular complexity index is 1880. The first-order valence-corrected chi connectivity index (χ1v) is 20.9. The van der Waals surface area contributed by atoms with Crippen LogP contribution in [-0.4, -0.2) is 136 Å². The van der Waals surface area contributed by atoms with E-state index >= 15 is 0 Å². The van der Waals surface area contributed by atoms with Crippen molar-refractivity contribution in [2.24, 2.45) is 0 Å². The Hall–Kier alpha value is -5.72. The second-order valence-electron chi connectivity index (χ2n) is 16.5. The van der Waals surface area contributed by atoms with Crippen molar-refractivity contribution in [2.45, 2.75) is 99.7 Å². The Morgan fingerprint density at radius 3 is 0.750 bits per heavy atom. The molecule has 8 N–H and O–H groups in total. The van der Waals surface area contributed by atoms with Gasteiger partial charge in [-0.1, -0.05) is 20.9 Å². The number of hydrogen-bond donors (Lipinski definition) is 8. The smallest absolute Gasteiger partial charge is 0.248 e. The fourth-order valence-corrected chi connectivity index (χ4v) is 9.30. The molecule has 4 saturated heterocycles. The van der Waals surface area contributed by atoms with Crippen molar-refractivity contribution in [2.75, 3.05) is 52.4 Å². The average molecular weight is 829 g/mol. The van der Waals surface area contributed by atoms with Gasteiger partial charge in [-0.15, -0.1) is 20.4 Å². The second kappa shape index (κ2) is 16.4. The highest BCUT2D eigenvalue weighted by molar-refractivity contribution is 5.86. The van der Waals surface area contributed by atoms with Crippen LogP contribution in [0.15, 0.2) is 24.8 Å². The van der Waals surface area contributed by atoms with E-state index in [0.29, 0.717) is 127 Å². The molecule has 0 atom stereocenters. The van der Waals surface area contributed by atoms with Crippen LogP contribution >= 0.6 is 0 Å². The molecule has 4 aromatic heterocycles. The van der Waals surface area contributed by atoms with Gasteiger partial charge in [0.25, 0.3) is 0 Å². The van der Waals surface area contributed by atoms with Crippen LogP contribution < -0.4 is 42.5 Å². The normalized spacial score (nSPS) is 23.6. The van der Waals surface area contributed by atoms with Crippen LogP contribution in [0.3, 0.4) is 0 Å². The van der Waals surface area contributed by atoms with E-state index in [1.807, 2.05) is 0 Å². The molecule has 4 amide bonds. The molecule has 4 fully saturated rings. The molecular formula is C36H52N20O4. The highest BCUT2D eigenvalue weighted by atomic mass is 16.2. The molecule has 5 aliphatic rings. The summed E-state index contributed by atoms with van der Waals surface area (Å²) in [4.78, 5) is 56.6.